The van der Waals surface area contributed by atoms with E-state index in [0.717, 1.165) is 11.8 Å². The maximum absolute atomic E-state index is 13.5. The van der Waals surface area contributed by atoms with E-state index in [1.165, 1.54) is 18.2 Å². The van der Waals surface area contributed by atoms with E-state index < -0.39 is 40.4 Å². The summed E-state index contributed by atoms with van der Waals surface area (Å²) in [6.07, 6.45) is 0. The second-order valence-electron chi connectivity index (χ2n) is 4.03. The fraction of sp³-hybridized carbons (Fsp3) is 0.0769. The Labute approximate surface area is 125 Å². The van der Waals surface area contributed by atoms with Crippen molar-refractivity contribution in [1.82, 2.24) is 0 Å². The van der Waals surface area contributed by atoms with Crippen molar-refractivity contribution >= 4 is 29.1 Å². The Kier molecular flexibility index (Phi) is 4.63. The average Bonchev–Trinajstić information content (AvgIpc) is 2.46. The van der Waals surface area contributed by atoms with Crippen LogP contribution >= 0.6 is 23.4 Å². The molecule has 0 spiro atoms. The van der Waals surface area contributed by atoms with Gasteiger partial charge in [-0.05, 0) is 18.2 Å². The first-order valence-electron chi connectivity index (χ1n) is 5.51. The van der Waals surface area contributed by atoms with Crippen molar-refractivity contribution in [2.75, 3.05) is 5.73 Å². The van der Waals surface area contributed by atoms with E-state index in [4.69, 9.17) is 17.3 Å². The van der Waals surface area contributed by atoms with Gasteiger partial charge in [0.15, 0.2) is 23.3 Å². The summed E-state index contributed by atoms with van der Waals surface area (Å²) in [6, 6.07) is 4.43. The van der Waals surface area contributed by atoms with Crippen LogP contribution in [0.4, 0.5) is 27.6 Å². The van der Waals surface area contributed by atoms with Crippen molar-refractivity contribution < 1.29 is 22.0 Å². The lowest BCUT2D eigenvalue weighted by Crippen LogP contribution is -2.06. The Bertz CT molecular complexity index is 678. The minimum Gasteiger partial charge on any atom is -0.399 e. The molecular weight excluding hydrogens is 333 g/mol. The van der Waals surface area contributed by atoms with Crippen LogP contribution < -0.4 is 5.73 Å². The van der Waals surface area contributed by atoms with Gasteiger partial charge in [-0.2, -0.15) is 0 Å². The van der Waals surface area contributed by atoms with E-state index in [1.807, 2.05) is 0 Å². The largest absolute Gasteiger partial charge is 0.399 e. The summed E-state index contributed by atoms with van der Waals surface area (Å²) < 4.78 is 66.0. The minimum absolute atomic E-state index is 0.262. The van der Waals surface area contributed by atoms with Crippen LogP contribution in [0.25, 0.3) is 0 Å². The molecule has 2 aromatic carbocycles. The minimum atomic E-state index is -2.18. The predicted molar refractivity (Wildman–Crippen MR) is 71.7 cm³/mol. The van der Waals surface area contributed by atoms with Crippen LogP contribution in [0.2, 0.25) is 5.02 Å². The molecule has 2 N–H and O–H groups in total. The molecule has 2 rings (SSSR count). The topological polar surface area (TPSA) is 26.0 Å². The SMILES string of the molecule is Nc1ccc(Cl)c(SCc2c(F)c(F)c(F)c(F)c2F)c1. The van der Waals surface area contributed by atoms with E-state index >= 15 is 0 Å². The second kappa shape index (κ2) is 6.11. The van der Waals surface area contributed by atoms with Gasteiger partial charge in [0.1, 0.15) is 0 Å². The van der Waals surface area contributed by atoms with Crippen LogP contribution in [0.3, 0.4) is 0 Å². The van der Waals surface area contributed by atoms with Gasteiger partial charge in [-0.1, -0.05) is 11.6 Å². The van der Waals surface area contributed by atoms with Crippen molar-refractivity contribution in [1.29, 1.82) is 0 Å². The molecule has 0 aromatic heterocycles. The summed E-state index contributed by atoms with van der Waals surface area (Å²) in [4.78, 5) is 0.376. The smallest absolute Gasteiger partial charge is 0.200 e. The van der Waals surface area contributed by atoms with Gasteiger partial charge in [-0.25, -0.2) is 22.0 Å². The highest BCUT2D eigenvalue weighted by Crippen LogP contribution is 2.34. The third kappa shape index (κ3) is 3.08. The lowest BCUT2D eigenvalue weighted by atomic mass is 10.2. The third-order valence-electron chi connectivity index (χ3n) is 2.63. The molecule has 0 aliphatic rings. The molecular formula is C13H7ClF5NS. The summed E-state index contributed by atoms with van der Waals surface area (Å²) >= 11 is 6.68. The van der Waals surface area contributed by atoms with Gasteiger partial charge in [-0.15, -0.1) is 11.8 Å². The van der Waals surface area contributed by atoms with Gasteiger partial charge in [-0.3, -0.25) is 0 Å². The first-order valence-corrected chi connectivity index (χ1v) is 6.87. The van der Waals surface area contributed by atoms with Crippen molar-refractivity contribution in [3.63, 3.8) is 0 Å². The molecule has 0 unspecified atom stereocenters. The van der Waals surface area contributed by atoms with Crippen molar-refractivity contribution in [2.45, 2.75) is 10.6 Å². The number of hydrogen-bond donors (Lipinski definition) is 1. The lowest BCUT2D eigenvalue weighted by Gasteiger charge is -2.09. The first-order chi connectivity index (χ1) is 9.82. The molecule has 0 saturated heterocycles. The molecule has 0 saturated carbocycles. The summed E-state index contributed by atoms with van der Waals surface area (Å²) in [5.74, 6) is -10.3. The van der Waals surface area contributed by atoms with Gasteiger partial charge in [0.2, 0.25) is 5.82 Å². The van der Waals surface area contributed by atoms with Crippen LogP contribution in [0, 0.1) is 29.1 Å². The van der Waals surface area contributed by atoms with Crippen LogP contribution in [-0.2, 0) is 5.75 Å². The third-order valence-corrected chi connectivity index (χ3v) is 4.15. The number of benzene rings is 2. The molecule has 0 aliphatic carbocycles. The number of hydrogen-bond acceptors (Lipinski definition) is 2. The van der Waals surface area contributed by atoms with Gasteiger partial charge < -0.3 is 5.73 Å². The van der Waals surface area contributed by atoms with Crippen LogP contribution in [-0.4, -0.2) is 0 Å². The Morgan fingerprint density at radius 3 is 2.00 bits per heavy atom. The standard InChI is InChI=1S/C13H7ClF5NS/c14-7-2-1-5(20)3-8(7)21-4-6-9(15)11(17)13(19)12(18)10(6)16/h1-3H,4,20H2. The Hall–Kier alpha value is -1.47. The van der Waals surface area contributed by atoms with Gasteiger partial charge >= 0.3 is 0 Å². The monoisotopic (exact) mass is 339 g/mol. The maximum Gasteiger partial charge on any atom is 0.200 e. The number of nitrogen functional groups attached to an aromatic ring is 1. The quantitative estimate of drug-likeness (QED) is 0.283. The lowest BCUT2D eigenvalue weighted by molar-refractivity contribution is 0.372. The summed E-state index contributed by atoms with van der Waals surface area (Å²) in [5, 5.41) is 0.262. The van der Waals surface area contributed by atoms with Crippen LogP contribution in [0.15, 0.2) is 23.1 Å². The number of anilines is 1. The molecule has 2 aromatic rings. The molecule has 8 heteroatoms. The Morgan fingerprint density at radius 1 is 0.905 bits per heavy atom. The zero-order chi connectivity index (χ0) is 15.7. The second-order valence-corrected chi connectivity index (χ2v) is 5.45. The van der Waals surface area contributed by atoms with E-state index in [1.54, 1.807) is 0 Å². The molecule has 0 aliphatic heterocycles. The van der Waals surface area contributed by atoms with E-state index in [0.29, 0.717) is 10.6 Å². The molecule has 1 nitrogen and oxygen atoms in total. The molecule has 0 radical (unpaired) electrons. The Balaban J connectivity index is 2.35. The van der Waals surface area contributed by atoms with Crippen molar-refractivity contribution in [2.24, 2.45) is 0 Å². The first kappa shape index (κ1) is 15.9. The highest BCUT2D eigenvalue weighted by atomic mass is 35.5. The van der Waals surface area contributed by atoms with Crippen LogP contribution in [0.1, 0.15) is 5.56 Å². The molecule has 0 atom stereocenters. The number of thioether (sulfide) groups is 1. The van der Waals surface area contributed by atoms with Gasteiger partial charge in [0.25, 0.3) is 0 Å². The van der Waals surface area contributed by atoms with E-state index in [2.05, 4.69) is 0 Å². The molecule has 0 heterocycles. The molecule has 21 heavy (non-hydrogen) atoms. The molecule has 0 fully saturated rings. The summed E-state index contributed by atoms with van der Waals surface area (Å²) in [5.41, 5.74) is 4.99. The fourth-order valence-corrected chi connectivity index (χ4v) is 2.82. The fourth-order valence-electron chi connectivity index (χ4n) is 1.56. The van der Waals surface area contributed by atoms with Gasteiger partial charge in [0.05, 0.1) is 5.02 Å². The molecule has 112 valence electrons. The summed E-state index contributed by atoms with van der Waals surface area (Å²) in [6.45, 7) is 0. The highest BCUT2D eigenvalue weighted by Gasteiger charge is 2.25. The number of rotatable bonds is 3. The van der Waals surface area contributed by atoms with Gasteiger partial charge in [0, 0.05) is 21.9 Å². The molecule has 0 amide bonds. The summed E-state index contributed by atoms with van der Waals surface area (Å²) in [7, 11) is 0. The zero-order valence-corrected chi connectivity index (χ0v) is 11.8. The van der Waals surface area contributed by atoms with Crippen molar-refractivity contribution in [3.05, 3.63) is 57.9 Å². The predicted octanol–water partition coefficient (Wildman–Crippen LogP) is 4.91. The number of nitrogens with two attached hydrogens (primary N) is 1. The van der Waals surface area contributed by atoms with Crippen molar-refractivity contribution in [3.8, 4) is 0 Å². The van der Waals surface area contributed by atoms with E-state index in [-0.39, 0.29) is 5.02 Å². The average molecular weight is 340 g/mol. The maximum atomic E-state index is 13.5. The normalized spacial score (nSPS) is 11.0. The Morgan fingerprint density at radius 2 is 1.43 bits per heavy atom. The van der Waals surface area contributed by atoms with E-state index in [9.17, 15) is 22.0 Å². The number of halogens is 6. The van der Waals surface area contributed by atoms with Crippen LogP contribution in [0.5, 0.6) is 0 Å². The zero-order valence-electron chi connectivity index (χ0n) is 10.2. The highest BCUT2D eigenvalue weighted by molar-refractivity contribution is 7.98. The molecule has 0 bridgehead atoms.